The molecule has 2 heteroatoms. The number of hydrogen-bond acceptors (Lipinski definition) is 1. The maximum Gasteiger partial charge on any atom is 0.142 e. The first-order valence-electron chi connectivity index (χ1n) is 4.12. The van der Waals surface area contributed by atoms with Gasteiger partial charge in [0.2, 0.25) is 0 Å². The molecule has 0 saturated heterocycles. The Balaban J connectivity index is 5.27. The summed E-state index contributed by atoms with van der Waals surface area (Å²) in [4.78, 5) is 0. The Kier molecular flexibility index (Phi) is 3.49. The smallest absolute Gasteiger partial charge is 0.142 e. The molecular weight excluding hydrogens is 168 g/mol. The minimum absolute atomic E-state index is 0.0374. The van der Waals surface area contributed by atoms with E-state index in [-0.39, 0.29) is 10.8 Å². The molecule has 0 aliphatic rings. The lowest BCUT2D eigenvalue weighted by Crippen LogP contribution is -2.22. The Morgan fingerprint density at radius 1 is 1.00 bits per heavy atom. The van der Waals surface area contributed by atoms with Crippen LogP contribution >= 0.6 is 0 Å². The molecule has 0 aliphatic carbocycles. The molecular formula is C10H18OS. The highest BCUT2D eigenvalue weighted by atomic mass is 32.1. The maximum atomic E-state index is 10.4. The van der Waals surface area contributed by atoms with Gasteiger partial charge in [0.1, 0.15) is 11.3 Å². The zero-order valence-electron chi connectivity index (χ0n) is 8.82. The van der Waals surface area contributed by atoms with Crippen LogP contribution in [0.15, 0.2) is 5.57 Å². The van der Waals surface area contributed by atoms with Crippen LogP contribution in [0.5, 0.6) is 0 Å². The van der Waals surface area contributed by atoms with Crippen molar-refractivity contribution >= 4 is 16.3 Å². The molecule has 0 aromatic rings. The van der Waals surface area contributed by atoms with E-state index in [1.165, 1.54) is 0 Å². The highest BCUT2D eigenvalue weighted by Crippen LogP contribution is 2.36. The molecule has 0 aliphatic heterocycles. The van der Waals surface area contributed by atoms with Crippen molar-refractivity contribution in [2.75, 3.05) is 0 Å². The van der Waals surface area contributed by atoms with Crippen molar-refractivity contribution in [3.8, 4) is 0 Å². The van der Waals surface area contributed by atoms with Crippen LogP contribution in [0.4, 0.5) is 0 Å². The van der Waals surface area contributed by atoms with E-state index in [2.05, 4.69) is 46.6 Å². The van der Waals surface area contributed by atoms with Gasteiger partial charge in [-0.1, -0.05) is 41.5 Å². The Bertz CT molecular complexity index is 224. The Hall–Kier alpha value is -0.330. The van der Waals surface area contributed by atoms with Gasteiger partial charge >= 0.3 is 0 Å². The quantitative estimate of drug-likeness (QED) is 0.531. The largest absolute Gasteiger partial charge is 0.203 e. The van der Waals surface area contributed by atoms with Crippen LogP contribution in [0.1, 0.15) is 41.5 Å². The van der Waals surface area contributed by atoms with Crippen molar-refractivity contribution in [1.29, 1.82) is 0 Å². The first kappa shape index (κ1) is 11.7. The van der Waals surface area contributed by atoms with E-state index in [4.69, 9.17) is 0 Å². The van der Waals surface area contributed by atoms with Crippen molar-refractivity contribution < 1.29 is 4.21 Å². The first-order chi connectivity index (χ1) is 5.19. The van der Waals surface area contributed by atoms with E-state index < -0.39 is 0 Å². The molecule has 0 saturated carbocycles. The van der Waals surface area contributed by atoms with Crippen molar-refractivity contribution in [2.24, 2.45) is 10.8 Å². The number of hydrogen-bond donors (Lipinski definition) is 0. The van der Waals surface area contributed by atoms with Gasteiger partial charge in [-0.05, 0) is 21.4 Å². The lowest BCUT2D eigenvalue weighted by atomic mass is 9.73. The van der Waals surface area contributed by atoms with Crippen LogP contribution < -0.4 is 0 Å². The monoisotopic (exact) mass is 186 g/mol. The van der Waals surface area contributed by atoms with Gasteiger partial charge in [-0.25, -0.2) is 4.21 Å². The molecule has 12 heavy (non-hydrogen) atoms. The third-order valence-electron chi connectivity index (χ3n) is 1.64. The molecule has 0 bridgehead atoms. The lowest BCUT2D eigenvalue weighted by molar-refractivity contribution is 0.370. The van der Waals surface area contributed by atoms with E-state index >= 15 is 0 Å². The summed E-state index contributed by atoms with van der Waals surface area (Å²) in [6.07, 6.45) is 0. The second-order valence-corrected chi connectivity index (χ2v) is 5.43. The zero-order valence-corrected chi connectivity index (χ0v) is 9.63. The Labute approximate surface area is 78.9 Å². The summed E-state index contributed by atoms with van der Waals surface area (Å²) in [6, 6.07) is 0. The van der Waals surface area contributed by atoms with Gasteiger partial charge in [-0.15, -0.1) is 0 Å². The molecule has 0 aromatic heterocycles. The highest BCUT2D eigenvalue weighted by Gasteiger charge is 2.27. The molecule has 0 N–H and O–H groups in total. The average Bonchev–Trinajstić information content (AvgIpc) is 1.77. The fourth-order valence-electron chi connectivity index (χ4n) is 1.47. The van der Waals surface area contributed by atoms with Crippen molar-refractivity contribution in [1.82, 2.24) is 0 Å². The van der Waals surface area contributed by atoms with E-state index in [0.29, 0.717) is 11.3 Å². The number of allylic oxidation sites excluding steroid dienone is 1. The van der Waals surface area contributed by atoms with Crippen molar-refractivity contribution in [3.05, 3.63) is 5.57 Å². The van der Waals surface area contributed by atoms with Crippen LogP contribution in [0, 0.1) is 10.8 Å². The highest BCUT2D eigenvalue weighted by molar-refractivity contribution is 7.64. The molecule has 1 nitrogen and oxygen atoms in total. The molecule has 0 fully saturated rings. The second kappa shape index (κ2) is 3.59. The molecule has 70 valence electrons. The van der Waals surface area contributed by atoms with Crippen molar-refractivity contribution in [3.63, 3.8) is 0 Å². The summed E-state index contributed by atoms with van der Waals surface area (Å²) in [5.41, 5.74) is 1.17. The minimum atomic E-state index is 0.0374. The minimum Gasteiger partial charge on any atom is -0.203 e. The van der Waals surface area contributed by atoms with Crippen LogP contribution in [0.2, 0.25) is 0 Å². The number of rotatable bonds is 0. The summed E-state index contributed by atoms with van der Waals surface area (Å²) in [6.45, 7) is 12.6. The fraction of sp³-hybridized carbons (Fsp3) is 0.800. The average molecular weight is 186 g/mol. The first-order valence-corrected chi connectivity index (χ1v) is 4.86. The molecule has 0 atom stereocenters. The van der Waals surface area contributed by atoms with Gasteiger partial charge in [0.25, 0.3) is 0 Å². The molecule has 0 aromatic carbocycles. The SMILES string of the molecule is CC(C)(C)C(=C=S=O)C(C)(C)C. The molecule has 0 rings (SSSR count). The van der Waals surface area contributed by atoms with E-state index in [1.54, 1.807) is 0 Å². The second-order valence-electron chi connectivity index (χ2n) is 5.06. The normalized spacial score (nSPS) is 12.2. The topological polar surface area (TPSA) is 17.1 Å². The van der Waals surface area contributed by atoms with Crippen LogP contribution in [0.25, 0.3) is 0 Å². The lowest BCUT2D eigenvalue weighted by Gasteiger charge is -2.31. The Morgan fingerprint density at radius 3 is 1.42 bits per heavy atom. The Morgan fingerprint density at radius 2 is 1.33 bits per heavy atom. The fourth-order valence-corrected chi connectivity index (χ4v) is 2.17. The zero-order chi connectivity index (χ0) is 9.99. The third-order valence-corrected chi connectivity index (χ3v) is 1.93. The predicted octanol–water partition coefficient (Wildman–Crippen LogP) is 2.62. The molecule has 0 unspecified atom stereocenters. The summed E-state index contributed by atoms with van der Waals surface area (Å²) in [5, 5.41) is 2.84. The summed E-state index contributed by atoms with van der Waals surface area (Å²) in [5.74, 6) is 0. The maximum absolute atomic E-state index is 10.4. The molecule has 0 radical (unpaired) electrons. The van der Waals surface area contributed by atoms with E-state index in [1.807, 2.05) is 0 Å². The molecule has 0 heterocycles. The van der Waals surface area contributed by atoms with E-state index in [0.717, 1.165) is 5.57 Å². The predicted molar refractivity (Wildman–Crippen MR) is 55.6 cm³/mol. The van der Waals surface area contributed by atoms with Gasteiger partial charge < -0.3 is 0 Å². The third kappa shape index (κ3) is 3.38. The van der Waals surface area contributed by atoms with Gasteiger partial charge in [0.05, 0.1) is 0 Å². The molecule has 0 amide bonds. The van der Waals surface area contributed by atoms with Gasteiger partial charge in [0.15, 0.2) is 0 Å². The standard InChI is InChI=1S/C10H18OS/c1-9(2,3)8(7-12-11)10(4,5)6/h1-6H3. The van der Waals surface area contributed by atoms with Crippen LogP contribution in [-0.2, 0) is 11.3 Å². The van der Waals surface area contributed by atoms with Crippen LogP contribution in [-0.4, -0.2) is 9.23 Å². The van der Waals surface area contributed by atoms with Crippen molar-refractivity contribution in [2.45, 2.75) is 41.5 Å². The summed E-state index contributed by atoms with van der Waals surface area (Å²) < 4.78 is 10.4. The van der Waals surface area contributed by atoms with Gasteiger partial charge in [-0.3, -0.25) is 0 Å². The summed E-state index contributed by atoms with van der Waals surface area (Å²) in [7, 11) is 0. The summed E-state index contributed by atoms with van der Waals surface area (Å²) >= 11 is 0.426. The van der Waals surface area contributed by atoms with Gasteiger partial charge in [0, 0.05) is 0 Å². The van der Waals surface area contributed by atoms with Gasteiger partial charge in [-0.2, -0.15) is 0 Å². The molecule has 0 spiro atoms. The van der Waals surface area contributed by atoms with E-state index in [9.17, 15) is 4.21 Å². The van der Waals surface area contributed by atoms with Crippen LogP contribution in [0.3, 0.4) is 0 Å².